The average Bonchev–Trinajstić information content (AvgIpc) is 2.64. The lowest BCUT2D eigenvalue weighted by Crippen LogP contribution is -2.14. The molecule has 1 N–H and O–H groups in total. The van der Waals surface area contributed by atoms with Gasteiger partial charge in [0, 0.05) is 11.1 Å². The third-order valence-electron chi connectivity index (χ3n) is 3.96. The molecular weight excluding hydrogens is 349 g/mol. The van der Waals surface area contributed by atoms with Crippen molar-refractivity contribution in [3.63, 3.8) is 0 Å². The summed E-state index contributed by atoms with van der Waals surface area (Å²) in [5.41, 5.74) is 3.89. The van der Waals surface area contributed by atoms with Crippen molar-refractivity contribution in [1.82, 2.24) is 4.98 Å². The van der Waals surface area contributed by atoms with Crippen molar-refractivity contribution in [2.75, 3.05) is 11.1 Å². The number of carbonyl (C=O) groups is 1. The van der Waals surface area contributed by atoms with Gasteiger partial charge >= 0.3 is 0 Å². The van der Waals surface area contributed by atoms with Gasteiger partial charge in [-0.2, -0.15) is 5.26 Å². The van der Waals surface area contributed by atoms with Crippen molar-refractivity contribution < 1.29 is 9.18 Å². The van der Waals surface area contributed by atoms with Crippen LogP contribution in [0.15, 0.2) is 47.5 Å². The summed E-state index contributed by atoms with van der Waals surface area (Å²) in [4.78, 5) is 16.7. The summed E-state index contributed by atoms with van der Waals surface area (Å²) >= 11 is 1.21. The molecule has 1 heterocycles. The number of anilines is 1. The lowest BCUT2D eigenvalue weighted by molar-refractivity contribution is -0.113. The molecule has 0 spiro atoms. The number of hydrogen-bond acceptors (Lipinski definition) is 4. The zero-order chi connectivity index (χ0) is 18.7. The molecule has 0 aliphatic heterocycles. The Morgan fingerprint density at radius 2 is 1.88 bits per heavy atom. The fourth-order valence-electron chi connectivity index (χ4n) is 2.57. The molecule has 0 unspecified atom stereocenters. The summed E-state index contributed by atoms with van der Waals surface area (Å²) < 4.78 is 12.9. The highest BCUT2D eigenvalue weighted by atomic mass is 32.2. The molecule has 0 bridgehead atoms. The molecule has 0 fully saturated rings. The number of hydrogen-bond donors (Lipinski definition) is 1. The number of benzene rings is 2. The first-order valence-corrected chi connectivity index (χ1v) is 8.96. The van der Waals surface area contributed by atoms with Gasteiger partial charge in [0.1, 0.15) is 16.9 Å². The van der Waals surface area contributed by atoms with Crippen LogP contribution in [0.2, 0.25) is 0 Å². The highest BCUT2D eigenvalue weighted by molar-refractivity contribution is 8.00. The van der Waals surface area contributed by atoms with Crippen LogP contribution >= 0.6 is 11.8 Å². The van der Waals surface area contributed by atoms with Gasteiger partial charge in [-0.05, 0) is 55.3 Å². The van der Waals surface area contributed by atoms with Crippen LogP contribution < -0.4 is 5.32 Å². The number of thioether (sulfide) groups is 1. The first-order chi connectivity index (χ1) is 12.5. The number of pyridine rings is 1. The number of amides is 1. The normalized spacial score (nSPS) is 10.5. The first-order valence-electron chi connectivity index (χ1n) is 7.97. The zero-order valence-electron chi connectivity index (χ0n) is 14.3. The van der Waals surface area contributed by atoms with Gasteiger partial charge in [0.25, 0.3) is 0 Å². The van der Waals surface area contributed by atoms with E-state index in [1.807, 2.05) is 32.0 Å². The van der Waals surface area contributed by atoms with Crippen molar-refractivity contribution in [2.45, 2.75) is 18.9 Å². The van der Waals surface area contributed by atoms with Gasteiger partial charge < -0.3 is 5.32 Å². The number of nitriles is 1. The molecule has 3 rings (SSSR count). The highest BCUT2D eigenvalue weighted by Crippen LogP contribution is 2.28. The van der Waals surface area contributed by atoms with Crippen molar-refractivity contribution >= 4 is 34.3 Å². The number of aryl methyl sites for hydroxylation is 2. The molecule has 0 aliphatic rings. The summed E-state index contributed by atoms with van der Waals surface area (Å²) in [6.45, 7) is 3.95. The number of nitrogens with one attached hydrogen (secondary N) is 1. The van der Waals surface area contributed by atoms with Crippen LogP contribution in [0.25, 0.3) is 10.9 Å². The monoisotopic (exact) mass is 365 g/mol. The number of nitrogens with zero attached hydrogens (tertiary/aromatic N) is 2. The van der Waals surface area contributed by atoms with E-state index in [4.69, 9.17) is 0 Å². The largest absolute Gasteiger partial charge is 0.325 e. The molecule has 0 aliphatic carbocycles. The van der Waals surface area contributed by atoms with Gasteiger partial charge in [-0.1, -0.05) is 23.9 Å². The van der Waals surface area contributed by atoms with E-state index in [-0.39, 0.29) is 17.5 Å². The van der Waals surface area contributed by atoms with Crippen LogP contribution in [0.4, 0.5) is 10.1 Å². The fourth-order valence-corrected chi connectivity index (χ4v) is 3.33. The Hall–Kier alpha value is -2.91. The Balaban J connectivity index is 1.80. The van der Waals surface area contributed by atoms with Gasteiger partial charge in [0.15, 0.2) is 0 Å². The van der Waals surface area contributed by atoms with Crippen LogP contribution in [-0.4, -0.2) is 16.6 Å². The molecule has 0 atom stereocenters. The van der Waals surface area contributed by atoms with Crippen molar-refractivity contribution in [3.05, 3.63) is 65.0 Å². The Kier molecular flexibility index (Phi) is 5.19. The number of halogens is 1. The maximum absolute atomic E-state index is 12.9. The van der Waals surface area contributed by atoms with Crippen LogP contribution in [-0.2, 0) is 4.79 Å². The van der Waals surface area contributed by atoms with Gasteiger partial charge in [-0.3, -0.25) is 4.79 Å². The summed E-state index contributed by atoms with van der Waals surface area (Å²) in [5, 5.41) is 13.6. The van der Waals surface area contributed by atoms with Crippen LogP contribution in [0.3, 0.4) is 0 Å². The van der Waals surface area contributed by atoms with E-state index in [1.165, 1.54) is 36.0 Å². The minimum absolute atomic E-state index is 0.107. The highest BCUT2D eigenvalue weighted by Gasteiger charge is 2.12. The van der Waals surface area contributed by atoms with Gasteiger partial charge in [0.2, 0.25) is 5.91 Å². The molecule has 26 heavy (non-hydrogen) atoms. The SMILES string of the molecule is Cc1ccc(C)c2nc(SCC(=O)Nc3ccc(F)cc3)c(C#N)cc12. The maximum Gasteiger partial charge on any atom is 0.234 e. The molecule has 3 aromatic rings. The number of fused-ring (bicyclic) bond motifs is 1. The second kappa shape index (κ2) is 7.54. The second-order valence-electron chi connectivity index (χ2n) is 5.89. The molecule has 0 saturated heterocycles. The molecule has 1 aromatic heterocycles. The number of rotatable bonds is 4. The van der Waals surface area contributed by atoms with Crippen molar-refractivity contribution in [2.24, 2.45) is 0 Å². The number of aromatic nitrogens is 1. The second-order valence-corrected chi connectivity index (χ2v) is 6.86. The standard InChI is InChI=1S/C20H16FN3OS/c1-12-3-4-13(2)19-17(12)9-14(10-22)20(24-19)26-11-18(25)23-16-7-5-15(21)6-8-16/h3-9H,11H2,1-2H3,(H,23,25). The van der Waals surface area contributed by atoms with Crippen LogP contribution in [0, 0.1) is 31.0 Å². The predicted octanol–water partition coefficient (Wildman–Crippen LogP) is 4.59. The lowest BCUT2D eigenvalue weighted by atomic mass is 10.0. The minimum atomic E-state index is -0.359. The van der Waals surface area contributed by atoms with Gasteiger partial charge in [0.05, 0.1) is 16.8 Å². The molecule has 0 saturated carbocycles. The molecule has 2 aromatic carbocycles. The lowest BCUT2D eigenvalue weighted by Gasteiger charge is -2.10. The van der Waals surface area contributed by atoms with Crippen LogP contribution in [0.5, 0.6) is 0 Å². The number of carbonyl (C=O) groups excluding carboxylic acids is 1. The fraction of sp³-hybridized carbons (Fsp3) is 0.150. The van der Waals surface area contributed by atoms with Crippen molar-refractivity contribution in [1.29, 1.82) is 5.26 Å². The maximum atomic E-state index is 12.9. The smallest absolute Gasteiger partial charge is 0.234 e. The van der Waals surface area contributed by atoms with Gasteiger partial charge in [-0.15, -0.1) is 0 Å². The third-order valence-corrected chi connectivity index (χ3v) is 4.95. The van der Waals surface area contributed by atoms with Crippen molar-refractivity contribution in [3.8, 4) is 6.07 Å². The van der Waals surface area contributed by atoms with E-state index in [2.05, 4.69) is 16.4 Å². The molecule has 4 nitrogen and oxygen atoms in total. The summed E-state index contributed by atoms with van der Waals surface area (Å²) in [6.07, 6.45) is 0. The summed E-state index contributed by atoms with van der Waals surface area (Å²) in [5.74, 6) is -0.495. The minimum Gasteiger partial charge on any atom is -0.325 e. The van der Waals surface area contributed by atoms with E-state index >= 15 is 0 Å². The third kappa shape index (κ3) is 3.84. The first kappa shape index (κ1) is 17.9. The molecule has 0 radical (unpaired) electrons. The topological polar surface area (TPSA) is 65.8 Å². The van der Waals surface area contributed by atoms with E-state index in [1.54, 1.807) is 0 Å². The molecular formula is C20H16FN3OS. The molecule has 6 heteroatoms. The molecule has 1 amide bonds. The Labute approximate surface area is 155 Å². The Bertz CT molecular complexity index is 1030. The summed E-state index contributed by atoms with van der Waals surface area (Å²) in [6, 6.07) is 13.5. The predicted molar refractivity (Wildman–Crippen MR) is 102 cm³/mol. The van der Waals surface area contributed by atoms with E-state index in [0.29, 0.717) is 16.3 Å². The Morgan fingerprint density at radius 1 is 1.19 bits per heavy atom. The Morgan fingerprint density at radius 3 is 2.58 bits per heavy atom. The average molecular weight is 365 g/mol. The van der Waals surface area contributed by atoms with E-state index in [9.17, 15) is 14.4 Å². The van der Waals surface area contributed by atoms with E-state index in [0.717, 1.165) is 22.0 Å². The summed E-state index contributed by atoms with van der Waals surface area (Å²) in [7, 11) is 0. The zero-order valence-corrected chi connectivity index (χ0v) is 15.2. The van der Waals surface area contributed by atoms with Gasteiger partial charge in [-0.25, -0.2) is 9.37 Å². The molecule has 130 valence electrons. The van der Waals surface area contributed by atoms with Crippen LogP contribution in [0.1, 0.15) is 16.7 Å². The van der Waals surface area contributed by atoms with E-state index < -0.39 is 0 Å². The quantitative estimate of drug-likeness (QED) is 0.687.